The van der Waals surface area contributed by atoms with E-state index < -0.39 is 11.2 Å². The van der Waals surface area contributed by atoms with E-state index in [1.165, 1.54) is 4.57 Å². The Morgan fingerprint density at radius 1 is 1.25 bits per heavy atom. The van der Waals surface area contributed by atoms with Crippen LogP contribution in [0.15, 0.2) is 9.59 Å². The Bertz CT molecular complexity index is 626. The molecule has 1 aromatic heterocycles. The fraction of sp³-hybridized carbons (Fsp3) is 0.714. The van der Waals surface area contributed by atoms with Crippen LogP contribution >= 0.6 is 0 Å². The lowest BCUT2D eigenvalue weighted by atomic mass is 10.0. The zero-order valence-electron chi connectivity index (χ0n) is 12.8. The summed E-state index contributed by atoms with van der Waals surface area (Å²) in [5, 5.41) is 3.23. The predicted octanol–water partition coefficient (Wildman–Crippen LogP) is 1.38. The van der Waals surface area contributed by atoms with Crippen LogP contribution in [0.5, 0.6) is 0 Å². The van der Waals surface area contributed by atoms with Gasteiger partial charge in [-0.25, -0.2) is 4.79 Å². The number of aromatic amines is 1. The van der Waals surface area contributed by atoms with Gasteiger partial charge in [0.2, 0.25) is 0 Å². The fourth-order valence-electron chi connectivity index (χ4n) is 2.87. The van der Waals surface area contributed by atoms with E-state index in [4.69, 9.17) is 5.73 Å². The van der Waals surface area contributed by atoms with E-state index in [1.54, 1.807) is 0 Å². The summed E-state index contributed by atoms with van der Waals surface area (Å²) < 4.78 is 1.41. The minimum atomic E-state index is -0.450. The quantitative estimate of drug-likeness (QED) is 0.776. The maximum Gasteiger partial charge on any atom is 0.330 e. The van der Waals surface area contributed by atoms with E-state index in [-0.39, 0.29) is 22.7 Å². The second-order valence-corrected chi connectivity index (χ2v) is 6.69. The molecule has 1 aromatic rings. The van der Waals surface area contributed by atoms with Gasteiger partial charge in [-0.2, -0.15) is 0 Å². The Morgan fingerprint density at radius 2 is 1.80 bits per heavy atom. The molecule has 0 spiro atoms. The molecule has 0 bridgehead atoms. The molecule has 1 saturated carbocycles. The minimum absolute atomic E-state index is 0.0810. The lowest BCUT2D eigenvalue weighted by Crippen LogP contribution is -2.35. The van der Waals surface area contributed by atoms with Crippen LogP contribution in [-0.2, 0) is 6.54 Å². The molecule has 1 aliphatic carbocycles. The summed E-state index contributed by atoms with van der Waals surface area (Å²) in [5.41, 5.74) is 5.58. The maximum atomic E-state index is 12.0. The summed E-state index contributed by atoms with van der Waals surface area (Å²) in [7, 11) is 0. The van der Waals surface area contributed by atoms with Crippen molar-refractivity contribution in [2.75, 3.05) is 11.1 Å². The van der Waals surface area contributed by atoms with Gasteiger partial charge in [-0.15, -0.1) is 0 Å². The van der Waals surface area contributed by atoms with Crippen LogP contribution in [0.1, 0.15) is 41.0 Å². The largest absolute Gasteiger partial charge is 0.383 e. The topological polar surface area (TPSA) is 92.9 Å². The van der Waals surface area contributed by atoms with Gasteiger partial charge in [-0.3, -0.25) is 14.3 Å². The van der Waals surface area contributed by atoms with Crippen molar-refractivity contribution in [3.63, 3.8) is 0 Å². The van der Waals surface area contributed by atoms with Gasteiger partial charge < -0.3 is 11.1 Å². The van der Waals surface area contributed by atoms with E-state index in [2.05, 4.69) is 38.0 Å². The van der Waals surface area contributed by atoms with E-state index >= 15 is 0 Å². The van der Waals surface area contributed by atoms with Crippen molar-refractivity contribution in [3.05, 3.63) is 20.8 Å². The number of aromatic nitrogens is 2. The Balaban J connectivity index is 2.42. The van der Waals surface area contributed by atoms with Gasteiger partial charge in [0.05, 0.1) is 0 Å². The third kappa shape index (κ3) is 1.94. The number of anilines is 2. The molecule has 1 aliphatic rings. The van der Waals surface area contributed by atoms with Crippen molar-refractivity contribution in [2.45, 2.75) is 53.6 Å². The van der Waals surface area contributed by atoms with Gasteiger partial charge in [-0.05, 0) is 17.3 Å². The van der Waals surface area contributed by atoms with Crippen LogP contribution in [-0.4, -0.2) is 15.6 Å². The summed E-state index contributed by atoms with van der Waals surface area (Å²) in [6.45, 7) is 11.0. The average molecular weight is 280 g/mol. The van der Waals surface area contributed by atoms with E-state index in [9.17, 15) is 9.59 Å². The highest BCUT2D eigenvalue weighted by Gasteiger charge is 2.65. The molecule has 0 radical (unpaired) electrons. The van der Waals surface area contributed by atoms with Crippen LogP contribution in [0, 0.1) is 10.8 Å². The lowest BCUT2D eigenvalue weighted by Gasteiger charge is -2.14. The fourth-order valence-corrected chi connectivity index (χ4v) is 2.87. The molecule has 1 fully saturated rings. The van der Waals surface area contributed by atoms with Gasteiger partial charge >= 0.3 is 5.69 Å². The molecular formula is C14H24N4O2. The number of nitrogen functional groups attached to an aromatic ring is 1. The molecular weight excluding hydrogens is 256 g/mol. The molecule has 20 heavy (non-hydrogen) atoms. The molecule has 6 heteroatoms. The highest BCUT2D eigenvalue weighted by atomic mass is 16.2. The number of hydrogen-bond acceptors (Lipinski definition) is 4. The first kappa shape index (κ1) is 14.7. The SMILES string of the molecule is CCCn1c(N)c(NC2C(C)(C)C2(C)C)c(=O)[nH]c1=O. The number of nitrogens with zero attached hydrogens (tertiary/aromatic N) is 1. The van der Waals surface area contributed by atoms with Gasteiger partial charge in [-0.1, -0.05) is 34.6 Å². The number of H-pyrrole nitrogens is 1. The summed E-state index contributed by atoms with van der Waals surface area (Å²) in [4.78, 5) is 26.1. The molecule has 2 rings (SSSR count). The van der Waals surface area contributed by atoms with Crippen LogP contribution in [0.2, 0.25) is 0 Å². The number of nitrogens with one attached hydrogen (secondary N) is 2. The highest BCUT2D eigenvalue weighted by Crippen LogP contribution is 2.63. The molecule has 0 unspecified atom stereocenters. The third-order valence-electron chi connectivity index (χ3n) is 5.00. The summed E-state index contributed by atoms with van der Waals surface area (Å²) in [6.07, 6.45) is 0.774. The van der Waals surface area contributed by atoms with E-state index in [0.29, 0.717) is 12.2 Å². The standard InChI is InChI=1S/C14H24N4O2/c1-6-7-18-9(15)8(10(19)17-12(18)20)16-11-13(2,3)14(11,4)5/h11,16H,6-7,15H2,1-5H3,(H,17,19,20). The first-order valence-electron chi connectivity index (χ1n) is 7.03. The van der Waals surface area contributed by atoms with Gasteiger partial charge in [0, 0.05) is 12.6 Å². The molecule has 1 heterocycles. The normalized spacial score (nSPS) is 19.9. The molecule has 0 atom stereocenters. The first-order chi connectivity index (χ1) is 9.14. The Morgan fingerprint density at radius 3 is 2.25 bits per heavy atom. The molecule has 0 saturated heterocycles. The minimum Gasteiger partial charge on any atom is -0.383 e. The second kappa shape index (κ2) is 4.40. The molecule has 0 aromatic carbocycles. The number of hydrogen-bond donors (Lipinski definition) is 3. The van der Waals surface area contributed by atoms with Crippen molar-refractivity contribution in [3.8, 4) is 0 Å². The van der Waals surface area contributed by atoms with Gasteiger partial charge in [0.25, 0.3) is 5.56 Å². The van der Waals surface area contributed by atoms with Crippen molar-refractivity contribution in [2.24, 2.45) is 10.8 Å². The van der Waals surface area contributed by atoms with Crippen molar-refractivity contribution >= 4 is 11.5 Å². The average Bonchev–Trinajstić information content (AvgIpc) is 2.71. The van der Waals surface area contributed by atoms with Crippen molar-refractivity contribution < 1.29 is 0 Å². The number of rotatable bonds is 4. The van der Waals surface area contributed by atoms with Crippen LogP contribution in [0.4, 0.5) is 11.5 Å². The zero-order valence-corrected chi connectivity index (χ0v) is 12.8. The van der Waals surface area contributed by atoms with E-state index in [0.717, 1.165) is 6.42 Å². The smallest absolute Gasteiger partial charge is 0.330 e. The lowest BCUT2D eigenvalue weighted by molar-refractivity contribution is 0.457. The summed E-state index contributed by atoms with van der Waals surface area (Å²) in [6, 6.07) is 0.158. The molecule has 4 N–H and O–H groups in total. The number of nitrogens with two attached hydrogens (primary N) is 1. The molecule has 6 nitrogen and oxygen atoms in total. The van der Waals surface area contributed by atoms with Crippen molar-refractivity contribution in [1.29, 1.82) is 0 Å². The Kier molecular flexibility index (Phi) is 3.23. The van der Waals surface area contributed by atoms with Gasteiger partial charge in [0.1, 0.15) is 11.5 Å². The monoisotopic (exact) mass is 280 g/mol. The Hall–Kier alpha value is -1.72. The highest BCUT2D eigenvalue weighted by molar-refractivity contribution is 5.62. The van der Waals surface area contributed by atoms with E-state index in [1.807, 2.05) is 6.92 Å². The molecule has 0 amide bonds. The molecule has 112 valence electrons. The summed E-state index contributed by atoms with van der Waals surface area (Å²) in [5.74, 6) is 0.221. The Labute approximate surface area is 118 Å². The van der Waals surface area contributed by atoms with Crippen LogP contribution in [0.3, 0.4) is 0 Å². The molecule has 0 aliphatic heterocycles. The van der Waals surface area contributed by atoms with Crippen LogP contribution in [0.25, 0.3) is 0 Å². The predicted molar refractivity (Wildman–Crippen MR) is 81.0 cm³/mol. The summed E-state index contributed by atoms with van der Waals surface area (Å²) >= 11 is 0. The van der Waals surface area contributed by atoms with Crippen LogP contribution < -0.4 is 22.3 Å². The third-order valence-corrected chi connectivity index (χ3v) is 5.00. The maximum absolute atomic E-state index is 12.0. The zero-order chi connectivity index (χ0) is 15.3. The first-order valence-corrected chi connectivity index (χ1v) is 7.03. The van der Waals surface area contributed by atoms with Crippen molar-refractivity contribution in [1.82, 2.24) is 9.55 Å². The second-order valence-electron chi connectivity index (χ2n) is 6.69. The van der Waals surface area contributed by atoms with Gasteiger partial charge in [0.15, 0.2) is 0 Å².